The minimum atomic E-state index is -1.91. The summed E-state index contributed by atoms with van der Waals surface area (Å²) >= 11 is 0. The maximum Gasteiger partial charge on any atom is 0.192 e. The van der Waals surface area contributed by atoms with Gasteiger partial charge < -0.3 is 19.1 Å². The van der Waals surface area contributed by atoms with Crippen LogP contribution in [-0.4, -0.2) is 45.3 Å². The molecule has 6 heteroatoms. The van der Waals surface area contributed by atoms with Gasteiger partial charge in [0.25, 0.3) is 0 Å². The smallest absolute Gasteiger partial charge is 0.192 e. The Morgan fingerprint density at radius 2 is 1.44 bits per heavy atom. The second-order valence-corrected chi connectivity index (χ2v) is 23.7. The monoisotopic (exact) mass is 536 g/mol. The summed E-state index contributed by atoms with van der Waals surface area (Å²) in [6.07, 6.45) is 5.70. The average molecular weight is 537 g/mol. The lowest BCUT2D eigenvalue weighted by atomic mass is 9.86. The van der Waals surface area contributed by atoms with Crippen molar-refractivity contribution in [3.63, 3.8) is 0 Å². The molecule has 0 spiro atoms. The van der Waals surface area contributed by atoms with E-state index in [1.165, 1.54) is 5.56 Å². The standard InChI is InChI=1S/C30H56O4Si2/c1-29(2,3)35(7,8)33-25(18-16-23-14-12-11-13-15-23)19-20-26-24(22-28(31)32)17-21-27(26)34-36(9,10)30(4,5)6/h11-15,24-28,31-32H,16-22H2,1-10H3/t24-,25+,26-,27-/m1/s1. The lowest BCUT2D eigenvalue weighted by molar-refractivity contribution is -0.0621. The molecular weight excluding hydrogens is 480 g/mol. The molecule has 2 rings (SSSR count). The third-order valence-corrected chi connectivity index (χ3v) is 18.4. The van der Waals surface area contributed by atoms with Crippen molar-refractivity contribution in [3.05, 3.63) is 35.9 Å². The van der Waals surface area contributed by atoms with Crippen molar-refractivity contribution in [1.29, 1.82) is 0 Å². The summed E-state index contributed by atoms with van der Waals surface area (Å²) in [5.74, 6) is 0.644. The van der Waals surface area contributed by atoms with Crippen molar-refractivity contribution >= 4 is 16.6 Å². The lowest BCUT2D eigenvalue weighted by Crippen LogP contribution is -2.46. The van der Waals surface area contributed by atoms with Gasteiger partial charge in [-0.15, -0.1) is 0 Å². The second kappa shape index (κ2) is 12.6. The minimum Gasteiger partial charge on any atom is -0.414 e. The van der Waals surface area contributed by atoms with Crippen LogP contribution in [0.5, 0.6) is 0 Å². The normalized spacial score (nSPS) is 22.9. The number of aryl methyl sites for hydroxylation is 1. The SMILES string of the molecule is CC(C)(C)[Si](C)(C)O[C@@H](CCc1ccccc1)CC[C@@H]1[C@@H](CC(O)O)CC[C@H]1O[Si](C)(C)C(C)(C)C. The number of aliphatic hydroxyl groups is 2. The Labute approximate surface area is 224 Å². The Balaban J connectivity index is 2.20. The van der Waals surface area contributed by atoms with Crippen molar-refractivity contribution in [2.75, 3.05) is 0 Å². The highest BCUT2D eigenvalue weighted by Crippen LogP contribution is 2.46. The quantitative estimate of drug-likeness (QED) is 0.210. The average Bonchev–Trinajstić information content (AvgIpc) is 3.08. The van der Waals surface area contributed by atoms with Crippen molar-refractivity contribution < 1.29 is 19.1 Å². The first kappa shape index (κ1) is 31.7. The predicted octanol–water partition coefficient (Wildman–Crippen LogP) is 7.91. The van der Waals surface area contributed by atoms with Crippen molar-refractivity contribution in [1.82, 2.24) is 0 Å². The van der Waals surface area contributed by atoms with Gasteiger partial charge in [0.2, 0.25) is 0 Å². The number of aliphatic hydroxyl groups excluding tert-OH is 1. The van der Waals surface area contributed by atoms with Gasteiger partial charge >= 0.3 is 0 Å². The fourth-order valence-electron chi connectivity index (χ4n) is 5.00. The van der Waals surface area contributed by atoms with Crippen LogP contribution in [0.15, 0.2) is 30.3 Å². The van der Waals surface area contributed by atoms with E-state index in [2.05, 4.69) is 98.1 Å². The molecule has 0 amide bonds. The van der Waals surface area contributed by atoms with E-state index in [0.29, 0.717) is 18.3 Å². The zero-order chi connectivity index (χ0) is 27.4. The Morgan fingerprint density at radius 1 is 0.861 bits per heavy atom. The number of hydrogen-bond donors (Lipinski definition) is 2. The maximum absolute atomic E-state index is 9.81. The van der Waals surface area contributed by atoms with Gasteiger partial charge in [0, 0.05) is 18.6 Å². The van der Waals surface area contributed by atoms with E-state index in [4.69, 9.17) is 8.85 Å². The Morgan fingerprint density at radius 3 is 1.97 bits per heavy atom. The molecule has 1 aliphatic carbocycles. The summed E-state index contributed by atoms with van der Waals surface area (Å²) in [6, 6.07) is 10.7. The van der Waals surface area contributed by atoms with E-state index < -0.39 is 22.9 Å². The molecule has 2 N–H and O–H groups in total. The van der Waals surface area contributed by atoms with Crippen LogP contribution in [0.25, 0.3) is 0 Å². The highest BCUT2D eigenvalue weighted by molar-refractivity contribution is 6.74. The van der Waals surface area contributed by atoms with Gasteiger partial charge in [-0.3, -0.25) is 0 Å². The Kier molecular flexibility index (Phi) is 11.1. The molecule has 208 valence electrons. The molecule has 1 saturated carbocycles. The Hall–Kier alpha value is -0.506. The summed E-state index contributed by atoms with van der Waals surface area (Å²) < 4.78 is 13.9. The third kappa shape index (κ3) is 9.06. The second-order valence-electron chi connectivity index (χ2n) is 14.2. The minimum absolute atomic E-state index is 0.162. The molecule has 1 fully saturated rings. The van der Waals surface area contributed by atoms with E-state index in [9.17, 15) is 10.2 Å². The largest absolute Gasteiger partial charge is 0.414 e. The molecule has 36 heavy (non-hydrogen) atoms. The van der Waals surface area contributed by atoms with Gasteiger partial charge in [0.05, 0.1) is 0 Å². The van der Waals surface area contributed by atoms with E-state index in [1.807, 2.05) is 0 Å². The van der Waals surface area contributed by atoms with Crippen LogP contribution in [0.3, 0.4) is 0 Å². The molecule has 4 atom stereocenters. The first-order valence-electron chi connectivity index (χ1n) is 14.2. The van der Waals surface area contributed by atoms with Crippen molar-refractivity contribution in [2.45, 2.75) is 141 Å². The number of benzene rings is 1. The maximum atomic E-state index is 9.81. The van der Waals surface area contributed by atoms with Gasteiger partial charge in [-0.2, -0.15) is 0 Å². The van der Waals surface area contributed by atoms with Gasteiger partial charge in [0.1, 0.15) is 0 Å². The molecule has 0 aromatic heterocycles. The Bertz CT molecular complexity index is 780. The van der Waals surface area contributed by atoms with E-state index >= 15 is 0 Å². The highest BCUT2D eigenvalue weighted by atomic mass is 28.4. The number of hydrogen-bond acceptors (Lipinski definition) is 4. The fraction of sp³-hybridized carbons (Fsp3) is 0.800. The molecule has 4 nitrogen and oxygen atoms in total. The van der Waals surface area contributed by atoms with E-state index in [0.717, 1.165) is 38.5 Å². The molecule has 0 unspecified atom stereocenters. The number of rotatable bonds is 12. The third-order valence-electron chi connectivity index (χ3n) is 9.36. The van der Waals surface area contributed by atoms with Crippen LogP contribution in [0, 0.1) is 11.8 Å². The van der Waals surface area contributed by atoms with Crippen molar-refractivity contribution in [3.8, 4) is 0 Å². The van der Waals surface area contributed by atoms with Crippen LogP contribution < -0.4 is 0 Å². The van der Waals surface area contributed by atoms with Gasteiger partial charge in [-0.1, -0.05) is 71.9 Å². The van der Waals surface area contributed by atoms with Crippen LogP contribution in [0.4, 0.5) is 0 Å². The zero-order valence-corrected chi connectivity index (χ0v) is 26.9. The van der Waals surface area contributed by atoms with Crippen LogP contribution in [0.2, 0.25) is 36.3 Å². The lowest BCUT2D eigenvalue weighted by Gasteiger charge is -2.41. The summed E-state index contributed by atoms with van der Waals surface area (Å²) in [5.41, 5.74) is 1.36. The molecule has 1 aromatic carbocycles. The first-order chi connectivity index (χ1) is 16.4. The molecule has 0 radical (unpaired) electrons. The van der Waals surface area contributed by atoms with Crippen LogP contribution in [0.1, 0.15) is 85.6 Å². The summed E-state index contributed by atoms with van der Waals surface area (Å²) in [6.45, 7) is 23.2. The van der Waals surface area contributed by atoms with Crippen LogP contribution in [-0.2, 0) is 15.3 Å². The molecule has 0 aliphatic heterocycles. The van der Waals surface area contributed by atoms with Gasteiger partial charge in [-0.25, -0.2) is 0 Å². The molecular formula is C30H56O4Si2. The van der Waals surface area contributed by atoms with Gasteiger partial charge in [0.15, 0.2) is 22.9 Å². The van der Waals surface area contributed by atoms with E-state index in [1.54, 1.807) is 0 Å². The fourth-order valence-corrected chi connectivity index (χ4v) is 7.83. The van der Waals surface area contributed by atoms with E-state index in [-0.39, 0.29) is 22.3 Å². The van der Waals surface area contributed by atoms with Crippen molar-refractivity contribution in [2.24, 2.45) is 11.8 Å². The molecule has 0 heterocycles. The summed E-state index contributed by atoms with van der Waals surface area (Å²) in [5, 5.41) is 20.0. The van der Waals surface area contributed by atoms with Crippen LogP contribution >= 0.6 is 0 Å². The van der Waals surface area contributed by atoms with Gasteiger partial charge in [-0.05, 0) is 92.2 Å². The first-order valence-corrected chi connectivity index (χ1v) is 20.0. The molecule has 0 saturated heterocycles. The molecule has 0 bridgehead atoms. The molecule has 1 aromatic rings. The topological polar surface area (TPSA) is 58.9 Å². The highest BCUT2D eigenvalue weighted by Gasteiger charge is 2.45. The summed E-state index contributed by atoms with van der Waals surface area (Å²) in [7, 11) is -3.82. The molecule has 1 aliphatic rings. The summed E-state index contributed by atoms with van der Waals surface area (Å²) in [4.78, 5) is 0. The predicted molar refractivity (Wildman–Crippen MR) is 157 cm³/mol. The zero-order valence-electron chi connectivity index (χ0n) is 24.9.